The smallest absolute Gasteiger partial charge is 0.138 e. The van der Waals surface area contributed by atoms with Crippen LogP contribution < -0.4 is 0 Å². The van der Waals surface area contributed by atoms with Crippen molar-refractivity contribution in [3.05, 3.63) is 48.1 Å². The number of allylic oxidation sites excluding steroid dienone is 5. The van der Waals surface area contributed by atoms with Gasteiger partial charge in [0, 0.05) is 18.9 Å². The fourth-order valence-electron chi connectivity index (χ4n) is 3.78. The molecule has 0 saturated heterocycles. The number of aliphatic hydroxyl groups excluding tert-OH is 3. The minimum atomic E-state index is -0.747. The van der Waals surface area contributed by atoms with E-state index < -0.39 is 6.10 Å². The summed E-state index contributed by atoms with van der Waals surface area (Å²) in [4.78, 5) is 12.2. The highest BCUT2D eigenvalue weighted by Gasteiger charge is 2.20. The lowest BCUT2D eigenvalue weighted by Crippen LogP contribution is -2.24. The molecule has 0 aromatic rings. The van der Waals surface area contributed by atoms with Gasteiger partial charge in [0.05, 0.1) is 24.4 Å². The minimum absolute atomic E-state index is 0.0153. The van der Waals surface area contributed by atoms with Crippen molar-refractivity contribution in [3.63, 3.8) is 0 Å². The lowest BCUT2D eigenvalue weighted by Gasteiger charge is -2.26. The molecule has 5 nitrogen and oxygen atoms in total. The summed E-state index contributed by atoms with van der Waals surface area (Å²) >= 11 is 0. The molecule has 0 aromatic carbocycles. The summed E-state index contributed by atoms with van der Waals surface area (Å²) in [5.74, 6) is 0.740. The van der Waals surface area contributed by atoms with Gasteiger partial charge in [-0.15, -0.1) is 0 Å². The third-order valence-corrected chi connectivity index (χ3v) is 6.99. The van der Waals surface area contributed by atoms with Crippen molar-refractivity contribution in [2.45, 2.75) is 118 Å². The van der Waals surface area contributed by atoms with Crippen LogP contribution in [0, 0.1) is 17.8 Å². The average Bonchev–Trinajstić information content (AvgIpc) is 2.80. The molecule has 0 aliphatic rings. The molecule has 0 spiro atoms. The standard InChI is InChI=1S/C31H54O5/c1-22(2)29(34)21-30(35)25(5)14-12-10-9-11-13-15-26(6)31(36-27(7)18-19-32)20-23(3)16-17-24(4)28(8)33/h9-11,13,15,23-25,27-29,31-34H,1,12,14,16-21H2,2-8H3/b10-9+,13-11+,26-15+/t23?,24?,25-,27?,28?,29?,31?/m1/s1. The fraction of sp³-hybridized carbons (Fsp3) is 0.710. The van der Waals surface area contributed by atoms with Crippen molar-refractivity contribution in [1.29, 1.82) is 0 Å². The molecule has 0 aliphatic heterocycles. The zero-order valence-corrected chi connectivity index (χ0v) is 24.0. The van der Waals surface area contributed by atoms with E-state index in [1.54, 1.807) is 6.92 Å². The summed E-state index contributed by atoms with van der Waals surface area (Å²) in [5.41, 5.74) is 1.77. The number of carbonyl (C=O) groups excluding carboxylic acids is 1. The molecule has 0 aromatic heterocycles. The number of hydrogen-bond donors (Lipinski definition) is 3. The van der Waals surface area contributed by atoms with Gasteiger partial charge in [-0.05, 0) is 77.2 Å². The van der Waals surface area contributed by atoms with E-state index in [9.17, 15) is 20.1 Å². The van der Waals surface area contributed by atoms with Crippen LogP contribution in [0.5, 0.6) is 0 Å². The van der Waals surface area contributed by atoms with Crippen molar-refractivity contribution in [2.24, 2.45) is 17.8 Å². The second-order valence-electron chi connectivity index (χ2n) is 10.8. The molecule has 0 fully saturated rings. The maximum absolute atomic E-state index is 12.2. The highest BCUT2D eigenvalue weighted by Crippen LogP contribution is 2.24. The van der Waals surface area contributed by atoms with Gasteiger partial charge in [0.25, 0.3) is 0 Å². The van der Waals surface area contributed by atoms with Crippen molar-refractivity contribution < 1.29 is 24.9 Å². The minimum Gasteiger partial charge on any atom is -0.396 e. The van der Waals surface area contributed by atoms with Gasteiger partial charge >= 0.3 is 0 Å². The molecule has 0 rings (SSSR count). The van der Waals surface area contributed by atoms with Gasteiger partial charge in [0.1, 0.15) is 5.78 Å². The predicted molar refractivity (Wildman–Crippen MR) is 151 cm³/mol. The van der Waals surface area contributed by atoms with Crippen LogP contribution in [-0.2, 0) is 9.53 Å². The van der Waals surface area contributed by atoms with E-state index in [0.717, 1.165) is 37.7 Å². The summed E-state index contributed by atoms with van der Waals surface area (Å²) in [6, 6.07) is 0. The van der Waals surface area contributed by atoms with Crippen LogP contribution in [0.25, 0.3) is 0 Å². The molecule has 0 aliphatic carbocycles. The first-order chi connectivity index (χ1) is 16.9. The van der Waals surface area contributed by atoms with Gasteiger partial charge in [-0.1, -0.05) is 69.7 Å². The Bertz CT molecular complexity index is 706. The molecule has 0 heterocycles. The van der Waals surface area contributed by atoms with Gasteiger partial charge < -0.3 is 20.1 Å². The number of ether oxygens (including phenoxy) is 1. The van der Waals surface area contributed by atoms with Crippen molar-refractivity contribution in [1.82, 2.24) is 0 Å². The first-order valence-electron chi connectivity index (χ1n) is 13.7. The van der Waals surface area contributed by atoms with E-state index in [2.05, 4.69) is 39.5 Å². The number of aliphatic hydroxyl groups is 3. The predicted octanol–water partition coefficient (Wildman–Crippen LogP) is 6.34. The van der Waals surface area contributed by atoms with E-state index in [1.165, 1.54) is 0 Å². The zero-order valence-electron chi connectivity index (χ0n) is 24.0. The summed E-state index contributed by atoms with van der Waals surface area (Å²) < 4.78 is 6.28. The first-order valence-corrected chi connectivity index (χ1v) is 13.7. The molecule has 36 heavy (non-hydrogen) atoms. The molecule has 0 saturated carbocycles. The summed E-state index contributed by atoms with van der Waals surface area (Å²) in [6.45, 7) is 17.7. The van der Waals surface area contributed by atoms with Gasteiger partial charge in [0.15, 0.2) is 0 Å². The van der Waals surface area contributed by atoms with E-state index in [4.69, 9.17) is 4.74 Å². The van der Waals surface area contributed by atoms with Crippen molar-refractivity contribution >= 4 is 5.78 Å². The number of hydrogen-bond acceptors (Lipinski definition) is 5. The largest absolute Gasteiger partial charge is 0.396 e. The van der Waals surface area contributed by atoms with E-state index in [1.807, 2.05) is 39.0 Å². The van der Waals surface area contributed by atoms with E-state index in [-0.39, 0.29) is 49.0 Å². The van der Waals surface area contributed by atoms with Gasteiger partial charge in [0.2, 0.25) is 0 Å². The Morgan fingerprint density at radius 2 is 1.61 bits per heavy atom. The monoisotopic (exact) mass is 506 g/mol. The molecule has 208 valence electrons. The molecule has 3 N–H and O–H groups in total. The van der Waals surface area contributed by atoms with Crippen LogP contribution >= 0.6 is 0 Å². The van der Waals surface area contributed by atoms with Crippen LogP contribution in [0.3, 0.4) is 0 Å². The highest BCUT2D eigenvalue weighted by molar-refractivity contribution is 5.81. The van der Waals surface area contributed by atoms with Crippen LogP contribution in [0.4, 0.5) is 0 Å². The summed E-state index contributed by atoms with van der Waals surface area (Å²) in [6.07, 6.45) is 14.3. The Hall–Kier alpha value is -1.53. The lowest BCUT2D eigenvalue weighted by molar-refractivity contribution is -0.124. The first kappa shape index (κ1) is 34.5. The number of Topliss-reactive ketones (excluding diaryl/α,β-unsaturated/α-hetero) is 1. The fourth-order valence-corrected chi connectivity index (χ4v) is 3.78. The Morgan fingerprint density at radius 3 is 2.19 bits per heavy atom. The van der Waals surface area contributed by atoms with Crippen molar-refractivity contribution in [2.75, 3.05) is 6.61 Å². The van der Waals surface area contributed by atoms with Crippen LogP contribution in [0.15, 0.2) is 48.1 Å². The third-order valence-electron chi connectivity index (χ3n) is 6.99. The van der Waals surface area contributed by atoms with Gasteiger partial charge in [-0.2, -0.15) is 0 Å². The topological polar surface area (TPSA) is 87.0 Å². The Labute approximate surface area is 221 Å². The second-order valence-corrected chi connectivity index (χ2v) is 10.8. The van der Waals surface area contributed by atoms with E-state index >= 15 is 0 Å². The van der Waals surface area contributed by atoms with E-state index in [0.29, 0.717) is 17.9 Å². The quantitative estimate of drug-likeness (QED) is 0.133. The normalized spacial score (nSPS) is 18.7. The number of ketones is 1. The third kappa shape index (κ3) is 16.3. The average molecular weight is 507 g/mol. The Kier molecular flexibility index (Phi) is 18.7. The van der Waals surface area contributed by atoms with Crippen molar-refractivity contribution in [3.8, 4) is 0 Å². The van der Waals surface area contributed by atoms with Crippen LogP contribution in [0.1, 0.15) is 93.4 Å². The highest BCUT2D eigenvalue weighted by atomic mass is 16.5. The maximum atomic E-state index is 12.2. The number of carbonyl (C=O) groups is 1. The molecule has 5 heteroatoms. The zero-order chi connectivity index (χ0) is 27.7. The lowest BCUT2D eigenvalue weighted by atomic mass is 9.90. The number of rotatable bonds is 20. The molecular weight excluding hydrogens is 452 g/mol. The second kappa shape index (κ2) is 19.6. The molecular formula is C31H54O5. The van der Waals surface area contributed by atoms with Crippen LogP contribution in [0.2, 0.25) is 0 Å². The molecule has 6 unspecified atom stereocenters. The van der Waals surface area contributed by atoms with Crippen LogP contribution in [-0.4, -0.2) is 52.1 Å². The molecule has 0 bridgehead atoms. The summed E-state index contributed by atoms with van der Waals surface area (Å²) in [5, 5.41) is 28.8. The molecule has 7 atom stereocenters. The SMILES string of the molecule is C=C(C)C(O)CC(=O)[C@H](C)CC/C=C/C=C/C=C(\C)C(CC(C)CCC(C)C(C)O)OC(C)CCO. The molecule has 0 amide bonds. The van der Waals surface area contributed by atoms with Gasteiger partial charge in [-0.3, -0.25) is 4.79 Å². The van der Waals surface area contributed by atoms with Gasteiger partial charge in [-0.25, -0.2) is 0 Å². The Morgan fingerprint density at radius 1 is 0.944 bits per heavy atom. The maximum Gasteiger partial charge on any atom is 0.138 e. The summed E-state index contributed by atoms with van der Waals surface area (Å²) in [7, 11) is 0. The Balaban J connectivity index is 4.83. The molecule has 0 radical (unpaired) electrons.